The Balaban J connectivity index is 3.10. The lowest BCUT2D eigenvalue weighted by molar-refractivity contribution is 0.525. The van der Waals surface area contributed by atoms with Gasteiger partial charge in [0, 0.05) is 0 Å². The fourth-order valence-electron chi connectivity index (χ4n) is 2.91. The van der Waals surface area contributed by atoms with Gasteiger partial charge in [-0.25, -0.2) is 0 Å². The predicted molar refractivity (Wildman–Crippen MR) is 107 cm³/mol. The fraction of sp³-hybridized carbons (Fsp3) is 0.905. The first-order valence-corrected chi connectivity index (χ1v) is 10.7. The van der Waals surface area contributed by atoms with E-state index in [1.54, 1.807) is 0 Å². The Labute approximate surface area is 147 Å². The van der Waals surface area contributed by atoms with Gasteiger partial charge in [-0.3, -0.25) is 0 Å². The van der Waals surface area contributed by atoms with Crippen molar-refractivity contribution in [2.24, 2.45) is 5.92 Å². The average Bonchev–Trinajstić information content (AvgIpc) is 2.51. The summed E-state index contributed by atoms with van der Waals surface area (Å²) in [7, 11) is 0. The molecule has 132 valence electrons. The molecule has 0 bridgehead atoms. The quantitative estimate of drug-likeness (QED) is 0.156. The van der Waals surface area contributed by atoms with Gasteiger partial charge in [-0.2, -0.15) is 12.6 Å². The lowest BCUT2D eigenvalue weighted by Gasteiger charge is -2.06. The Hall–Kier alpha value is 0.0900. The zero-order chi connectivity index (χ0) is 16.3. The summed E-state index contributed by atoms with van der Waals surface area (Å²) < 4.78 is 0. The third kappa shape index (κ3) is 18.1. The molecule has 0 rings (SSSR count). The first kappa shape index (κ1) is 22.1. The molecular weight excluding hydrogens is 284 g/mol. The van der Waals surface area contributed by atoms with Crippen LogP contribution in [0.4, 0.5) is 0 Å². The predicted octanol–water partition coefficient (Wildman–Crippen LogP) is 7.98. The molecule has 0 radical (unpaired) electrons. The van der Waals surface area contributed by atoms with Crippen molar-refractivity contribution in [2.75, 3.05) is 5.75 Å². The summed E-state index contributed by atoms with van der Waals surface area (Å²) in [5.74, 6) is 1.87. The number of thiol groups is 1. The molecule has 0 aromatic heterocycles. The minimum atomic E-state index is 0.837. The SMILES string of the molecule is CCCCCCCCCCCCC/C=C/CCC(C)CCS. The standard InChI is InChI=1S/C21H42S/c1-3-4-5-6-7-8-9-10-11-12-13-14-15-16-17-18-21(2)19-20-22/h15-16,21-22H,3-14,17-20H2,1-2H3/b16-15+. The zero-order valence-corrected chi connectivity index (χ0v) is 16.4. The average molecular weight is 327 g/mol. The molecule has 0 spiro atoms. The summed E-state index contributed by atoms with van der Waals surface area (Å²) in [6, 6.07) is 0. The normalized spacial score (nSPS) is 13.0. The van der Waals surface area contributed by atoms with Gasteiger partial charge in [0.25, 0.3) is 0 Å². The lowest BCUT2D eigenvalue weighted by atomic mass is 10.0. The molecule has 0 aliphatic heterocycles. The largest absolute Gasteiger partial charge is 0.179 e. The molecule has 0 saturated heterocycles. The zero-order valence-electron chi connectivity index (χ0n) is 15.5. The second-order valence-corrected chi connectivity index (χ2v) is 7.44. The third-order valence-corrected chi connectivity index (χ3v) is 4.85. The first-order chi connectivity index (χ1) is 10.8. The van der Waals surface area contributed by atoms with Crippen LogP contribution in [0.3, 0.4) is 0 Å². The second-order valence-electron chi connectivity index (χ2n) is 6.99. The molecule has 22 heavy (non-hydrogen) atoms. The second kappa shape index (κ2) is 19.1. The fourth-order valence-corrected chi connectivity index (χ4v) is 3.35. The van der Waals surface area contributed by atoms with Crippen LogP contribution in [0.5, 0.6) is 0 Å². The van der Waals surface area contributed by atoms with Crippen LogP contribution in [-0.2, 0) is 0 Å². The van der Waals surface area contributed by atoms with Crippen molar-refractivity contribution in [1.82, 2.24) is 0 Å². The van der Waals surface area contributed by atoms with Crippen LogP contribution in [0.15, 0.2) is 12.2 Å². The summed E-state index contributed by atoms with van der Waals surface area (Å²) in [5.41, 5.74) is 0. The van der Waals surface area contributed by atoms with Crippen LogP contribution in [0, 0.1) is 5.92 Å². The number of rotatable bonds is 17. The van der Waals surface area contributed by atoms with Gasteiger partial charge in [0.15, 0.2) is 0 Å². The van der Waals surface area contributed by atoms with Crippen molar-refractivity contribution in [2.45, 2.75) is 110 Å². The van der Waals surface area contributed by atoms with Gasteiger partial charge in [0.1, 0.15) is 0 Å². The van der Waals surface area contributed by atoms with Crippen LogP contribution < -0.4 is 0 Å². The summed E-state index contributed by atoms with van der Waals surface area (Å²) >= 11 is 4.29. The van der Waals surface area contributed by atoms with Gasteiger partial charge in [-0.15, -0.1) is 0 Å². The van der Waals surface area contributed by atoms with Gasteiger partial charge in [0.05, 0.1) is 0 Å². The van der Waals surface area contributed by atoms with E-state index in [0.29, 0.717) is 0 Å². The van der Waals surface area contributed by atoms with Crippen molar-refractivity contribution in [3.8, 4) is 0 Å². The maximum atomic E-state index is 4.29. The van der Waals surface area contributed by atoms with Gasteiger partial charge >= 0.3 is 0 Å². The number of allylic oxidation sites excluding steroid dienone is 2. The van der Waals surface area contributed by atoms with Crippen molar-refractivity contribution in [3.63, 3.8) is 0 Å². The van der Waals surface area contributed by atoms with Crippen molar-refractivity contribution in [1.29, 1.82) is 0 Å². The monoisotopic (exact) mass is 326 g/mol. The molecular formula is C21H42S. The molecule has 0 aliphatic rings. The van der Waals surface area contributed by atoms with E-state index >= 15 is 0 Å². The minimum absolute atomic E-state index is 0.837. The molecule has 0 heterocycles. The summed E-state index contributed by atoms with van der Waals surface area (Å²) in [6.45, 7) is 4.63. The molecule has 0 amide bonds. The summed E-state index contributed by atoms with van der Waals surface area (Å²) in [5, 5.41) is 0. The number of unbranched alkanes of at least 4 members (excludes halogenated alkanes) is 11. The maximum absolute atomic E-state index is 4.29. The number of hydrogen-bond acceptors (Lipinski definition) is 1. The molecule has 1 atom stereocenters. The van der Waals surface area contributed by atoms with Crippen LogP contribution in [0.2, 0.25) is 0 Å². The number of hydrogen-bond donors (Lipinski definition) is 1. The Bertz CT molecular complexity index is 222. The van der Waals surface area contributed by atoms with Crippen LogP contribution in [0.25, 0.3) is 0 Å². The van der Waals surface area contributed by atoms with Crippen molar-refractivity contribution < 1.29 is 0 Å². The molecule has 0 nitrogen and oxygen atoms in total. The van der Waals surface area contributed by atoms with Crippen LogP contribution in [0.1, 0.15) is 110 Å². The minimum Gasteiger partial charge on any atom is -0.179 e. The Morgan fingerprint density at radius 2 is 1.18 bits per heavy atom. The third-order valence-electron chi connectivity index (χ3n) is 4.59. The van der Waals surface area contributed by atoms with E-state index in [1.807, 2.05) is 0 Å². The first-order valence-electron chi connectivity index (χ1n) is 10.1. The molecule has 0 aromatic rings. The Kier molecular flexibility index (Phi) is 19.2. The van der Waals surface area contributed by atoms with Crippen LogP contribution >= 0.6 is 12.6 Å². The highest BCUT2D eigenvalue weighted by atomic mass is 32.1. The van der Waals surface area contributed by atoms with Gasteiger partial charge < -0.3 is 0 Å². The lowest BCUT2D eigenvalue weighted by Crippen LogP contribution is -1.94. The highest BCUT2D eigenvalue weighted by molar-refractivity contribution is 7.80. The molecule has 0 N–H and O–H groups in total. The molecule has 1 heteroatoms. The Morgan fingerprint density at radius 1 is 0.682 bits per heavy atom. The molecule has 0 fully saturated rings. The highest BCUT2D eigenvalue weighted by Crippen LogP contribution is 2.13. The maximum Gasteiger partial charge on any atom is -0.00954 e. The van der Waals surface area contributed by atoms with E-state index in [9.17, 15) is 0 Å². The molecule has 1 unspecified atom stereocenters. The van der Waals surface area contributed by atoms with E-state index in [-0.39, 0.29) is 0 Å². The van der Waals surface area contributed by atoms with E-state index in [1.165, 1.54) is 96.3 Å². The molecule has 0 saturated carbocycles. The van der Waals surface area contributed by atoms with Crippen LogP contribution in [-0.4, -0.2) is 5.75 Å². The smallest absolute Gasteiger partial charge is 0.00954 e. The van der Waals surface area contributed by atoms with E-state index < -0.39 is 0 Å². The summed E-state index contributed by atoms with van der Waals surface area (Å²) in [6.07, 6.45) is 25.8. The highest BCUT2D eigenvalue weighted by Gasteiger charge is 1.98. The van der Waals surface area contributed by atoms with E-state index in [2.05, 4.69) is 38.6 Å². The van der Waals surface area contributed by atoms with E-state index in [0.717, 1.165) is 11.7 Å². The Morgan fingerprint density at radius 3 is 1.73 bits per heavy atom. The summed E-state index contributed by atoms with van der Waals surface area (Å²) in [4.78, 5) is 0. The van der Waals surface area contributed by atoms with E-state index in [4.69, 9.17) is 0 Å². The van der Waals surface area contributed by atoms with Gasteiger partial charge in [-0.05, 0) is 43.8 Å². The topological polar surface area (TPSA) is 0 Å². The van der Waals surface area contributed by atoms with Crippen molar-refractivity contribution in [3.05, 3.63) is 12.2 Å². The van der Waals surface area contributed by atoms with Gasteiger partial charge in [-0.1, -0.05) is 90.2 Å². The molecule has 0 aliphatic carbocycles. The molecule has 0 aromatic carbocycles. The van der Waals surface area contributed by atoms with Crippen molar-refractivity contribution >= 4 is 12.6 Å². The van der Waals surface area contributed by atoms with Gasteiger partial charge in [0.2, 0.25) is 0 Å².